The van der Waals surface area contributed by atoms with Crippen molar-refractivity contribution in [3.63, 3.8) is 0 Å². The average Bonchev–Trinajstić information content (AvgIpc) is 2.76. The van der Waals surface area contributed by atoms with Gasteiger partial charge < -0.3 is 9.26 Å². The van der Waals surface area contributed by atoms with Crippen LogP contribution in [0.15, 0.2) is 4.52 Å². The van der Waals surface area contributed by atoms with Gasteiger partial charge in [-0.25, -0.2) is 0 Å². The molecule has 90 valence electrons. The predicted molar refractivity (Wildman–Crippen MR) is 61.2 cm³/mol. The first-order valence-electron chi connectivity index (χ1n) is 5.14. The van der Waals surface area contributed by atoms with Gasteiger partial charge in [0.25, 0.3) is 0 Å². The molecular weight excluding hydrogens is 228 g/mol. The van der Waals surface area contributed by atoms with E-state index in [0.29, 0.717) is 11.7 Å². The number of carbonyl (C=O) groups is 1. The van der Waals surface area contributed by atoms with Crippen molar-refractivity contribution in [1.29, 1.82) is 0 Å². The summed E-state index contributed by atoms with van der Waals surface area (Å²) in [5.74, 6) is 0.998. The lowest BCUT2D eigenvalue weighted by atomic mass is 10.4. The van der Waals surface area contributed by atoms with E-state index in [2.05, 4.69) is 14.9 Å². The zero-order valence-electron chi connectivity index (χ0n) is 9.89. The summed E-state index contributed by atoms with van der Waals surface area (Å²) in [4.78, 5) is 15.4. The maximum Gasteiger partial charge on any atom is 0.318 e. The first-order valence-corrected chi connectivity index (χ1v) is 6.08. The minimum Gasteiger partial charge on any atom is -0.468 e. The van der Waals surface area contributed by atoms with Crippen LogP contribution in [-0.4, -0.2) is 28.5 Å². The van der Waals surface area contributed by atoms with Gasteiger partial charge in [0.1, 0.15) is 5.25 Å². The lowest BCUT2D eigenvalue weighted by molar-refractivity contribution is -0.139. The summed E-state index contributed by atoms with van der Waals surface area (Å²) in [5, 5.41) is 3.56. The van der Waals surface area contributed by atoms with Crippen molar-refractivity contribution < 1.29 is 14.1 Å². The first-order chi connectivity index (χ1) is 7.58. The Morgan fingerprint density at radius 1 is 1.56 bits per heavy atom. The molecule has 2 atom stereocenters. The van der Waals surface area contributed by atoms with Gasteiger partial charge in [0, 0.05) is 6.42 Å². The van der Waals surface area contributed by atoms with Gasteiger partial charge in [-0.2, -0.15) is 4.98 Å². The monoisotopic (exact) mass is 244 g/mol. The van der Waals surface area contributed by atoms with Crippen molar-refractivity contribution in [1.82, 2.24) is 10.1 Å². The lowest BCUT2D eigenvalue weighted by Crippen LogP contribution is -2.15. The molecule has 0 aromatic carbocycles. The summed E-state index contributed by atoms with van der Waals surface area (Å²) < 4.78 is 9.75. The molecule has 5 nitrogen and oxygen atoms in total. The Labute approximate surface area is 98.9 Å². The summed E-state index contributed by atoms with van der Waals surface area (Å²) in [5.41, 5.74) is 0. The van der Waals surface area contributed by atoms with Crippen LogP contribution in [0.25, 0.3) is 0 Å². The third-order valence-corrected chi connectivity index (χ3v) is 3.30. The van der Waals surface area contributed by atoms with Crippen LogP contribution in [0, 0.1) is 0 Å². The van der Waals surface area contributed by atoms with E-state index >= 15 is 0 Å². The highest BCUT2D eigenvalue weighted by Crippen LogP contribution is 2.30. The van der Waals surface area contributed by atoms with Crippen molar-refractivity contribution in [2.75, 3.05) is 7.11 Å². The maximum atomic E-state index is 11.2. The summed E-state index contributed by atoms with van der Waals surface area (Å²) in [6, 6.07) is 0. The maximum absolute atomic E-state index is 11.2. The zero-order chi connectivity index (χ0) is 12.1. The molecule has 1 rings (SSSR count). The molecule has 0 saturated carbocycles. The second-order valence-corrected chi connectivity index (χ2v) is 5.03. The Hall–Kier alpha value is -1.04. The van der Waals surface area contributed by atoms with Gasteiger partial charge in [0.15, 0.2) is 5.82 Å². The number of hydrogen-bond donors (Lipinski definition) is 0. The summed E-state index contributed by atoms with van der Waals surface area (Å²) in [7, 11) is 1.38. The van der Waals surface area contributed by atoms with E-state index in [9.17, 15) is 4.79 Å². The van der Waals surface area contributed by atoms with Crippen molar-refractivity contribution in [2.45, 2.75) is 37.7 Å². The Morgan fingerprint density at radius 3 is 2.75 bits per heavy atom. The third kappa shape index (κ3) is 3.23. The number of ether oxygens (including phenoxy) is 1. The minimum atomic E-state index is -0.243. The van der Waals surface area contributed by atoms with Gasteiger partial charge in [-0.1, -0.05) is 12.1 Å². The Morgan fingerprint density at radius 2 is 2.25 bits per heavy atom. The van der Waals surface area contributed by atoms with Crippen LogP contribution in [0.4, 0.5) is 0 Å². The molecule has 1 heterocycles. The van der Waals surface area contributed by atoms with E-state index in [1.807, 2.05) is 13.8 Å². The normalized spacial score (nSPS) is 14.5. The molecule has 0 bridgehead atoms. The minimum absolute atomic E-state index is 0.0121. The van der Waals surface area contributed by atoms with Crippen LogP contribution in [0.5, 0.6) is 0 Å². The largest absolute Gasteiger partial charge is 0.468 e. The molecule has 0 fully saturated rings. The Balaban J connectivity index is 2.57. The topological polar surface area (TPSA) is 65.2 Å². The van der Waals surface area contributed by atoms with Crippen LogP contribution >= 0.6 is 11.8 Å². The quantitative estimate of drug-likeness (QED) is 0.738. The fourth-order valence-corrected chi connectivity index (χ4v) is 2.19. The van der Waals surface area contributed by atoms with Crippen LogP contribution in [-0.2, 0) is 16.0 Å². The van der Waals surface area contributed by atoms with E-state index in [1.165, 1.54) is 18.9 Å². The fourth-order valence-electron chi connectivity index (χ4n) is 1.16. The van der Waals surface area contributed by atoms with Crippen molar-refractivity contribution in [3.05, 3.63) is 11.7 Å². The highest BCUT2D eigenvalue weighted by molar-refractivity contribution is 8.00. The lowest BCUT2D eigenvalue weighted by Gasteiger charge is -2.11. The van der Waals surface area contributed by atoms with Crippen LogP contribution in [0.1, 0.15) is 37.7 Å². The third-order valence-electron chi connectivity index (χ3n) is 2.09. The smallest absolute Gasteiger partial charge is 0.318 e. The number of thioether (sulfide) groups is 1. The summed E-state index contributed by atoms with van der Waals surface area (Å²) >= 11 is 1.44. The molecule has 1 aromatic heterocycles. The van der Waals surface area contributed by atoms with Crippen LogP contribution in [0.2, 0.25) is 0 Å². The van der Waals surface area contributed by atoms with Crippen molar-refractivity contribution in [2.24, 2.45) is 0 Å². The zero-order valence-corrected chi connectivity index (χ0v) is 10.7. The number of methoxy groups -OCH3 is 1. The molecule has 0 aliphatic heterocycles. The van der Waals surface area contributed by atoms with E-state index in [4.69, 9.17) is 4.52 Å². The molecule has 0 saturated heterocycles. The average molecular weight is 244 g/mol. The van der Waals surface area contributed by atoms with E-state index in [1.54, 1.807) is 6.92 Å². The highest BCUT2D eigenvalue weighted by atomic mass is 32.2. The molecular formula is C10H16N2O3S. The summed E-state index contributed by atoms with van der Waals surface area (Å²) in [6.45, 7) is 5.69. The number of nitrogens with zero attached hydrogens (tertiary/aromatic N) is 2. The number of aryl methyl sites for hydroxylation is 1. The van der Waals surface area contributed by atoms with Crippen LogP contribution < -0.4 is 0 Å². The SMILES string of the molecule is CCc1noc(C(C)SC(C)C(=O)OC)n1. The molecule has 1 aromatic rings. The molecule has 2 unspecified atom stereocenters. The van der Waals surface area contributed by atoms with Gasteiger partial charge in [-0.05, 0) is 13.8 Å². The van der Waals surface area contributed by atoms with E-state index in [0.717, 1.165) is 6.42 Å². The molecule has 16 heavy (non-hydrogen) atoms. The van der Waals surface area contributed by atoms with Crippen molar-refractivity contribution >= 4 is 17.7 Å². The van der Waals surface area contributed by atoms with Crippen molar-refractivity contribution in [3.8, 4) is 0 Å². The van der Waals surface area contributed by atoms with Gasteiger partial charge in [0.05, 0.1) is 12.4 Å². The molecule has 0 N–H and O–H groups in total. The van der Waals surface area contributed by atoms with E-state index < -0.39 is 0 Å². The fraction of sp³-hybridized carbons (Fsp3) is 0.700. The van der Waals surface area contributed by atoms with Crippen LogP contribution in [0.3, 0.4) is 0 Å². The molecule has 0 aliphatic carbocycles. The number of hydrogen-bond acceptors (Lipinski definition) is 6. The second-order valence-electron chi connectivity index (χ2n) is 3.35. The molecule has 0 amide bonds. The molecule has 0 radical (unpaired) electrons. The van der Waals surface area contributed by atoms with Gasteiger partial charge in [-0.15, -0.1) is 11.8 Å². The Bertz CT molecular complexity index is 354. The van der Waals surface area contributed by atoms with Gasteiger partial charge >= 0.3 is 5.97 Å². The van der Waals surface area contributed by atoms with E-state index in [-0.39, 0.29) is 16.5 Å². The summed E-state index contributed by atoms with van der Waals surface area (Å²) in [6.07, 6.45) is 0.743. The second kappa shape index (κ2) is 5.89. The highest BCUT2D eigenvalue weighted by Gasteiger charge is 2.21. The number of rotatable bonds is 5. The first kappa shape index (κ1) is 13.0. The molecule has 0 spiro atoms. The number of esters is 1. The predicted octanol–water partition coefficient (Wildman–Crippen LogP) is 1.99. The van der Waals surface area contributed by atoms with Gasteiger partial charge in [0.2, 0.25) is 5.89 Å². The number of aromatic nitrogens is 2. The molecule has 6 heteroatoms. The Kier molecular flexibility index (Phi) is 4.79. The number of carbonyl (C=O) groups excluding carboxylic acids is 1. The standard InChI is InChI=1S/C10H16N2O3S/c1-5-8-11-9(15-12-8)6(2)16-7(3)10(13)14-4/h6-7H,5H2,1-4H3. The van der Waals surface area contributed by atoms with Gasteiger partial charge in [-0.3, -0.25) is 4.79 Å². The molecule has 0 aliphatic rings.